The Morgan fingerprint density at radius 1 is 1.15 bits per heavy atom. The monoisotopic (exact) mass is 582 g/mol. The van der Waals surface area contributed by atoms with Gasteiger partial charge in [-0.05, 0) is 33.2 Å². The van der Waals surface area contributed by atoms with Crippen LogP contribution in [0.1, 0.15) is 26.2 Å². The van der Waals surface area contributed by atoms with Gasteiger partial charge in [-0.3, -0.25) is 4.79 Å². The van der Waals surface area contributed by atoms with E-state index in [4.69, 9.17) is 36.1 Å². The molecule has 0 unspecified atom stereocenters. The van der Waals surface area contributed by atoms with Gasteiger partial charge < -0.3 is 72.5 Å². The predicted molar refractivity (Wildman–Crippen MR) is 139 cm³/mol. The zero-order chi connectivity index (χ0) is 29.6. The number of hydrogen-bond acceptors (Lipinski definition) is 14. The van der Waals surface area contributed by atoms with Crippen LogP contribution in [0.25, 0.3) is 0 Å². The van der Waals surface area contributed by atoms with Crippen molar-refractivity contribution in [1.82, 2.24) is 16.0 Å². The molecule has 0 aromatic heterocycles. The summed E-state index contributed by atoms with van der Waals surface area (Å²) >= 11 is 0. The Morgan fingerprint density at radius 3 is 2.50 bits per heavy atom. The standard InChI is InChI=1S/C24H47FN6O9/c1-24(36)10-37-23(17(34)20(24)29-2)40-19-14(31-21(35)15(32)8-26)7-13(28)18(16(19)33)39-22-12(27)4-3-11(38-22)9-30-6-5-25/h11-20,22-23,29-30,32-34,36H,3-10,26-28H2,1-2H3,(H,31,35)/t11-,12+,13-,14+,15-,16+,17+,18+,19-,20+,22+,23+,24-/m0/s1. The number of halogens is 1. The molecule has 40 heavy (non-hydrogen) atoms. The average molecular weight is 583 g/mol. The van der Waals surface area contributed by atoms with Gasteiger partial charge in [-0.25, -0.2) is 4.39 Å². The minimum Gasteiger partial charge on any atom is -0.388 e. The summed E-state index contributed by atoms with van der Waals surface area (Å²) in [4.78, 5) is 12.5. The van der Waals surface area contributed by atoms with Gasteiger partial charge in [0, 0.05) is 25.7 Å². The second-order valence-corrected chi connectivity index (χ2v) is 11.0. The van der Waals surface area contributed by atoms with E-state index in [1.54, 1.807) is 7.05 Å². The van der Waals surface area contributed by atoms with Crippen LogP contribution in [0.15, 0.2) is 0 Å². The van der Waals surface area contributed by atoms with E-state index in [-0.39, 0.29) is 32.2 Å². The fraction of sp³-hybridized carbons (Fsp3) is 0.958. The van der Waals surface area contributed by atoms with Crippen LogP contribution in [0.5, 0.6) is 0 Å². The summed E-state index contributed by atoms with van der Waals surface area (Å²) in [6.07, 6.45) is -7.87. The Labute approximate surface area is 233 Å². The lowest BCUT2D eigenvalue weighted by Gasteiger charge is -2.49. The number of rotatable bonds is 12. The van der Waals surface area contributed by atoms with E-state index in [9.17, 15) is 29.6 Å². The molecule has 0 aromatic carbocycles. The van der Waals surface area contributed by atoms with Gasteiger partial charge in [0.1, 0.15) is 42.8 Å². The Hall–Kier alpha value is -1.12. The number of hydrogen-bond donors (Lipinski definition) is 10. The predicted octanol–water partition coefficient (Wildman–Crippen LogP) is -4.90. The first kappa shape index (κ1) is 33.4. The molecule has 2 aliphatic heterocycles. The Kier molecular flexibility index (Phi) is 12.4. The van der Waals surface area contributed by atoms with E-state index >= 15 is 0 Å². The Bertz CT molecular complexity index is 804. The van der Waals surface area contributed by atoms with Crippen LogP contribution < -0.4 is 33.2 Å². The third kappa shape index (κ3) is 8.03. The number of nitrogens with one attached hydrogen (secondary N) is 3. The normalized spacial score (nSPS) is 43.3. The van der Waals surface area contributed by atoms with Gasteiger partial charge in [0.15, 0.2) is 12.6 Å². The first-order valence-corrected chi connectivity index (χ1v) is 13.7. The number of aliphatic hydroxyl groups is 4. The number of likely N-dealkylation sites (N-methyl/N-ethyl adjacent to an activating group) is 1. The molecular weight excluding hydrogens is 535 g/mol. The highest BCUT2D eigenvalue weighted by atomic mass is 19.1. The van der Waals surface area contributed by atoms with Crippen molar-refractivity contribution < 1.29 is 48.6 Å². The van der Waals surface area contributed by atoms with Gasteiger partial charge in [-0.2, -0.15) is 0 Å². The van der Waals surface area contributed by atoms with E-state index in [1.165, 1.54) is 6.92 Å². The molecule has 0 radical (unpaired) electrons. The average Bonchev–Trinajstić information content (AvgIpc) is 2.91. The van der Waals surface area contributed by atoms with E-state index in [0.29, 0.717) is 19.4 Å². The van der Waals surface area contributed by atoms with Crippen molar-refractivity contribution >= 4 is 5.91 Å². The quantitative estimate of drug-likeness (QED) is 0.0969. The largest absolute Gasteiger partial charge is 0.388 e. The number of carbonyl (C=O) groups excluding carboxylic acids is 1. The molecule has 1 saturated carbocycles. The summed E-state index contributed by atoms with van der Waals surface area (Å²) in [5, 5.41) is 51.2. The van der Waals surface area contributed by atoms with Gasteiger partial charge in [0.25, 0.3) is 0 Å². The van der Waals surface area contributed by atoms with Gasteiger partial charge >= 0.3 is 0 Å². The van der Waals surface area contributed by atoms with Gasteiger partial charge in [0.05, 0.1) is 30.8 Å². The molecule has 0 bridgehead atoms. The lowest BCUT2D eigenvalue weighted by Crippen LogP contribution is -2.69. The third-order valence-corrected chi connectivity index (χ3v) is 7.74. The van der Waals surface area contributed by atoms with Crippen LogP contribution in [0.2, 0.25) is 0 Å². The molecule has 1 amide bonds. The first-order valence-electron chi connectivity index (χ1n) is 13.7. The van der Waals surface area contributed by atoms with Crippen molar-refractivity contribution in [3.63, 3.8) is 0 Å². The molecule has 0 spiro atoms. The highest BCUT2D eigenvalue weighted by molar-refractivity contribution is 5.81. The SMILES string of the molecule is CN[C@@H]1[C@@H](O)[C@@H](O[C@@H]2[C@H](O)[C@H](O[C@H]3O[C@H](CNCCF)CC[C@H]3N)[C@@H](N)C[C@H]2NC(=O)[C@@H](O)CN)OC[C@]1(C)O. The zero-order valence-corrected chi connectivity index (χ0v) is 23.0. The number of carbonyl (C=O) groups is 1. The number of alkyl halides is 1. The lowest BCUT2D eigenvalue weighted by molar-refractivity contribution is -0.307. The summed E-state index contributed by atoms with van der Waals surface area (Å²) in [6.45, 7) is 1.06. The van der Waals surface area contributed by atoms with Gasteiger partial charge in [-0.15, -0.1) is 0 Å². The third-order valence-electron chi connectivity index (χ3n) is 7.74. The number of ether oxygens (including phenoxy) is 4. The molecule has 15 nitrogen and oxygen atoms in total. The summed E-state index contributed by atoms with van der Waals surface area (Å²) in [6, 6.07) is -3.09. The molecule has 13 atom stereocenters. The van der Waals surface area contributed by atoms with Crippen LogP contribution in [0, 0.1) is 0 Å². The molecule has 2 saturated heterocycles. The molecule has 3 rings (SSSR count). The molecule has 1 aliphatic carbocycles. The first-order chi connectivity index (χ1) is 18.9. The summed E-state index contributed by atoms with van der Waals surface area (Å²) in [7, 11) is 1.56. The molecular formula is C24H47FN6O9. The van der Waals surface area contributed by atoms with E-state index in [0.717, 1.165) is 0 Å². The summed E-state index contributed by atoms with van der Waals surface area (Å²) in [5.74, 6) is -0.790. The minimum absolute atomic E-state index is 0.0505. The van der Waals surface area contributed by atoms with E-state index in [1.807, 2.05) is 0 Å². The van der Waals surface area contributed by atoms with E-state index < -0.39 is 85.5 Å². The fourth-order valence-electron chi connectivity index (χ4n) is 5.49. The van der Waals surface area contributed by atoms with Crippen LogP contribution in [-0.4, -0.2) is 145 Å². The van der Waals surface area contributed by atoms with Crippen molar-refractivity contribution in [3.8, 4) is 0 Å². The van der Waals surface area contributed by atoms with Crippen molar-refractivity contribution in [3.05, 3.63) is 0 Å². The minimum atomic E-state index is -1.50. The van der Waals surface area contributed by atoms with Crippen molar-refractivity contribution in [2.45, 2.75) is 105 Å². The van der Waals surface area contributed by atoms with Crippen LogP contribution >= 0.6 is 0 Å². The maximum atomic E-state index is 12.5. The summed E-state index contributed by atoms with van der Waals surface area (Å²) in [5.41, 5.74) is 16.6. The van der Waals surface area contributed by atoms with Gasteiger partial charge in [-0.1, -0.05) is 0 Å². The Morgan fingerprint density at radius 2 is 1.85 bits per heavy atom. The fourth-order valence-corrected chi connectivity index (χ4v) is 5.49. The molecule has 2 heterocycles. The second-order valence-electron chi connectivity index (χ2n) is 11.0. The molecule has 234 valence electrons. The van der Waals surface area contributed by atoms with E-state index in [2.05, 4.69) is 16.0 Å². The number of nitrogens with two attached hydrogens (primary N) is 3. The maximum absolute atomic E-state index is 12.5. The molecule has 13 N–H and O–H groups in total. The van der Waals surface area contributed by atoms with Crippen molar-refractivity contribution in [2.24, 2.45) is 17.2 Å². The van der Waals surface area contributed by atoms with Gasteiger partial charge in [0.2, 0.25) is 5.91 Å². The number of aliphatic hydroxyl groups excluding tert-OH is 3. The highest BCUT2D eigenvalue weighted by Crippen LogP contribution is 2.32. The zero-order valence-electron chi connectivity index (χ0n) is 23.0. The highest BCUT2D eigenvalue weighted by Gasteiger charge is 2.52. The topological polar surface area (TPSA) is 249 Å². The maximum Gasteiger partial charge on any atom is 0.250 e. The smallest absolute Gasteiger partial charge is 0.250 e. The van der Waals surface area contributed by atoms with Crippen molar-refractivity contribution in [2.75, 3.05) is 40.0 Å². The van der Waals surface area contributed by atoms with Crippen molar-refractivity contribution in [1.29, 1.82) is 0 Å². The molecule has 16 heteroatoms. The van der Waals surface area contributed by atoms with Crippen LogP contribution in [0.4, 0.5) is 4.39 Å². The summed E-state index contributed by atoms with van der Waals surface area (Å²) < 4.78 is 36.2. The second kappa shape index (κ2) is 14.9. The molecule has 3 aliphatic rings. The Balaban J connectivity index is 1.78. The van der Waals surface area contributed by atoms with Crippen LogP contribution in [0.3, 0.4) is 0 Å². The number of amides is 1. The lowest BCUT2D eigenvalue weighted by atomic mass is 9.83. The van der Waals surface area contributed by atoms with Crippen LogP contribution in [-0.2, 0) is 23.7 Å². The molecule has 0 aromatic rings. The molecule has 3 fully saturated rings.